The highest BCUT2D eigenvalue weighted by Crippen LogP contribution is 2.57. The van der Waals surface area contributed by atoms with Gasteiger partial charge in [-0.05, 0) is 36.7 Å². The van der Waals surface area contributed by atoms with Crippen molar-refractivity contribution in [2.45, 2.75) is 32.4 Å². The number of nitrogens with one attached hydrogen (secondary N) is 1. The lowest BCUT2D eigenvalue weighted by Gasteiger charge is -2.24. The Bertz CT molecular complexity index is 485. The predicted molar refractivity (Wildman–Crippen MR) is 77.5 cm³/mol. The van der Waals surface area contributed by atoms with Crippen molar-refractivity contribution in [1.82, 2.24) is 10.2 Å². The summed E-state index contributed by atoms with van der Waals surface area (Å²) in [6.45, 7) is 5.08. The number of rotatable bonds is 4. The first-order valence-corrected chi connectivity index (χ1v) is 7.35. The first kappa shape index (κ1) is 13.4. The van der Waals surface area contributed by atoms with Gasteiger partial charge in [0.2, 0.25) is 0 Å². The fraction of sp³-hybridized carbons (Fsp3) is 0.562. The zero-order chi connectivity index (χ0) is 14.2. The van der Waals surface area contributed by atoms with Crippen LogP contribution < -0.4 is 5.32 Å². The van der Waals surface area contributed by atoms with Crippen molar-refractivity contribution in [2.75, 3.05) is 13.1 Å². The van der Waals surface area contributed by atoms with Crippen molar-refractivity contribution in [1.29, 1.82) is 0 Å². The summed E-state index contributed by atoms with van der Waals surface area (Å²) >= 11 is 0. The van der Waals surface area contributed by atoms with Crippen LogP contribution >= 0.6 is 0 Å². The number of likely N-dealkylation sites (tertiary alicyclic amines) is 1. The maximum absolute atomic E-state index is 10.8. The van der Waals surface area contributed by atoms with Crippen molar-refractivity contribution in [2.24, 2.45) is 11.3 Å². The molecule has 3 rings (SSSR count). The fourth-order valence-electron chi connectivity index (χ4n) is 3.73. The average Bonchev–Trinajstić information content (AvgIpc) is 3.06. The standard InChI is InChI=1S/C16H22N2O2/c1-12(17-15(19)20)14-10-18(11-16(14)7-8-16)9-13-5-3-2-4-6-13/h2-6,12,14,17H,7-11H2,1H3,(H,19,20). The summed E-state index contributed by atoms with van der Waals surface area (Å²) in [6.07, 6.45) is 1.58. The van der Waals surface area contributed by atoms with E-state index in [0.717, 1.165) is 19.6 Å². The molecule has 1 saturated heterocycles. The highest BCUT2D eigenvalue weighted by atomic mass is 16.4. The zero-order valence-electron chi connectivity index (χ0n) is 11.9. The molecule has 0 radical (unpaired) electrons. The van der Waals surface area contributed by atoms with E-state index in [4.69, 9.17) is 5.11 Å². The Morgan fingerprint density at radius 1 is 1.45 bits per heavy atom. The SMILES string of the molecule is CC(NC(=O)O)C1CN(Cc2ccccc2)CC12CC2. The lowest BCUT2D eigenvalue weighted by molar-refractivity contribution is 0.181. The van der Waals surface area contributed by atoms with Crippen molar-refractivity contribution in [3.63, 3.8) is 0 Å². The van der Waals surface area contributed by atoms with Crippen LogP contribution in [0.2, 0.25) is 0 Å². The number of hydrogen-bond acceptors (Lipinski definition) is 2. The van der Waals surface area contributed by atoms with Crippen LogP contribution in [0.4, 0.5) is 4.79 Å². The van der Waals surface area contributed by atoms with Gasteiger partial charge in [-0.1, -0.05) is 30.3 Å². The van der Waals surface area contributed by atoms with Gasteiger partial charge in [-0.25, -0.2) is 4.79 Å². The average molecular weight is 274 g/mol. The minimum Gasteiger partial charge on any atom is -0.465 e. The number of nitrogens with zero attached hydrogens (tertiary/aromatic N) is 1. The van der Waals surface area contributed by atoms with Gasteiger partial charge in [-0.15, -0.1) is 0 Å². The van der Waals surface area contributed by atoms with Crippen LogP contribution in [0.1, 0.15) is 25.3 Å². The van der Waals surface area contributed by atoms with Crippen molar-refractivity contribution in [3.05, 3.63) is 35.9 Å². The van der Waals surface area contributed by atoms with Crippen LogP contribution in [0.5, 0.6) is 0 Å². The molecule has 20 heavy (non-hydrogen) atoms. The van der Waals surface area contributed by atoms with Crippen molar-refractivity contribution in [3.8, 4) is 0 Å². The van der Waals surface area contributed by atoms with E-state index in [0.29, 0.717) is 11.3 Å². The molecule has 2 fully saturated rings. The molecule has 4 nitrogen and oxygen atoms in total. The minimum absolute atomic E-state index is 0.0378. The summed E-state index contributed by atoms with van der Waals surface area (Å²) in [4.78, 5) is 13.3. The Balaban J connectivity index is 1.65. The molecule has 108 valence electrons. The maximum Gasteiger partial charge on any atom is 0.404 e. The minimum atomic E-state index is -0.908. The van der Waals surface area contributed by atoms with Gasteiger partial charge in [0.1, 0.15) is 0 Å². The van der Waals surface area contributed by atoms with Gasteiger partial charge >= 0.3 is 6.09 Å². The van der Waals surface area contributed by atoms with E-state index in [2.05, 4.69) is 34.5 Å². The molecule has 2 atom stereocenters. The van der Waals surface area contributed by atoms with Crippen LogP contribution in [0, 0.1) is 11.3 Å². The zero-order valence-corrected chi connectivity index (χ0v) is 11.9. The first-order chi connectivity index (χ1) is 9.59. The van der Waals surface area contributed by atoms with Gasteiger partial charge in [0.25, 0.3) is 0 Å². The molecule has 1 spiro atoms. The van der Waals surface area contributed by atoms with Gasteiger partial charge < -0.3 is 10.4 Å². The maximum atomic E-state index is 10.8. The molecule has 2 aliphatic rings. The Hall–Kier alpha value is -1.55. The second-order valence-electron chi connectivity index (χ2n) is 6.36. The Morgan fingerprint density at radius 3 is 2.75 bits per heavy atom. The lowest BCUT2D eigenvalue weighted by atomic mass is 9.87. The second kappa shape index (κ2) is 5.09. The highest BCUT2D eigenvalue weighted by molar-refractivity contribution is 5.64. The number of carbonyl (C=O) groups is 1. The number of benzene rings is 1. The van der Waals surface area contributed by atoms with E-state index >= 15 is 0 Å². The quantitative estimate of drug-likeness (QED) is 0.887. The molecule has 0 aromatic heterocycles. The van der Waals surface area contributed by atoms with E-state index in [9.17, 15) is 4.79 Å². The largest absolute Gasteiger partial charge is 0.465 e. The molecule has 1 saturated carbocycles. The fourth-order valence-corrected chi connectivity index (χ4v) is 3.73. The Morgan fingerprint density at radius 2 is 2.15 bits per heavy atom. The van der Waals surface area contributed by atoms with Crippen LogP contribution in [0.15, 0.2) is 30.3 Å². The van der Waals surface area contributed by atoms with E-state index < -0.39 is 6.09 Å². The molecule has 2 N–H and O–H groups in total. The molecule has 4 heteroatoms. The third-order valence-corrected chi connectivity index (χ3v) is 4.88. The summed E-state index contributed by atoms with van der Waals surface area (Å²) in [7, 11) is 0. The summed E-state index contributed by atoms with van der Waals surface area (Å²) in [5.41, 5.74) is 1.71. The molecule has 1 heterocycles. The molecule has 1 aromatic carbocycles. The number of carboxylic acid groups (broad SMARTS) is 1. The van der Waals surface area contributed by atoms with Gasteiger partial charge in [0, 0.05) is 25.7 Å². The molecule has 0 bridgehead atoms. The molecule has 1 amide bonds. The first-order valence-electron chi connectivity index (χ1n) is 7.35. The van der Waals surface area contributed by atoms with E-state index in [1.54, 1.807) is 0 Å². The van der Waals surface area contributed by atoms with Gasteiger partial charge in [-0.2, -0.15) is 0 Å². The predicted octanol–water partition coefficient (Wildman–Crippen LogP) is 2.55. The molecule has 1 aromatic rings. The number of amides is 1. The van der Waals surface area contributed by atoms with Crippen LogP contribution in [0.3, 0.4) is 0 Å². The van der Waals surface area contributed by atoms with Crippen LogP contribution in [-0.2, 0) is 6.54 Å². The van der Waals surface area contributed by atoms with Crippen molar-refractivity contribution >= 4 is 6.09 Å². The van der Waals surface area contributed by atoms with Crippen LogP contribution in [-0.4, -0.2) is 35.2 Å². The summed E-state index contributed by atoms with van der Waals surface area (Å²) in [5.74, 6) is 0.447. The smallest absolute Gasteiger partial charge is 0.404 e. The summed E-state index contributed by atoms with van der Waals surface area (Å²) in [6, 6.07) is 10.5. The second-order valence-corrected chi connectivity index (χ2v) is 6.36. The van der Waals surface area contributed by atoms with Crippen molar-refractivity contribution < 1.29 is 9.90 Å². The van der Waals surface area contributed by atoms with Crippen LogP contribution in [0.25, 0.3) is 0 Å². The van der Waals surface area contributed by atoms with E-state index in [1.807, 2.05) is 13.0 Å². The normalized spacial score (nSPS) is 25.6. The van der Waals surface area contributed by atoms with E-state index in [1.165, 1.54) is 18.4 Å². The molecular weight excluding hydrogens is 252 g/mol. The summed E-state index contributed by atoms with van der Waals surface area (Å²) < 4.78 is 0. The molecule has 1 aliphatic heterocycles. The summed E-state index contributed by atoms with van der Waals surface area (Å²) in [5, 5.41) is 11.6. The lowest BCUT2D eigenvalue weighted by Crippen LogP contribution is -2.41. The molecule has 1 aliphatic carbocycles. The Kier molecular flexibility index (Phi) is 3.42. The third kappa shape index (κ3) is 2.66. The molecular formula is C16H22N2O2. The van der Waals surface area contributed by atoms with E-state index in [-0.39, 0.29) is 6.04 Å². The molecule has 2 unspecified atom stereocenters. The number of hydrogen-bond donors (Lipinski definition) is 2. The van der Waals surface area contributed by atoms with Gasteiger partial charge in [0.15, 0.2) is 0 Å². The monoisotopic (exact) mass is 274 g/mol. The Labute approximate surface area is 119 Å². The topological polar surface area (TPSA) is 52.6 Å². The van der Waals surface area contributed by atoms with Gasteiger partial charge in [-0.3, -0.25) is 4.90 Å². The highest BCUT2D eigenvalue weighted by Gasteiger charge is 2.56. The van der Waals surface area contributed by atoms with Gasteiger partial charge in [0.05, 0.1) is 0 Å². The third-order valence-electron chi connectivity index (χ3n) is 4.88.